The van der Waals surface area contributed by atoms with Crippen molar-refractivity contribution in [2.45, 2.75) is 38.8 Å². The summed E-state index contributed by atoms with van der Waals surface area (Å²) in [6.45, 7) is 8.21. The van der Waals surface area contributed by atoms with Gasteiger partial charge < -0.3 is 15.0 Å². The van der Waals surface area contributed by atoms with E-state index in [4.69, 9.17) is 4.74 Å². The quantitative estimate of drug-likeness (QED) is 0.716. The topological polar surface area (TPSA) is 24.5 Å². The lowest BCUT2D eigenvalue weighted by molar-refractivity contribution is 0.0391. The minimum absolute atomic E-state index is 0.151. The maximum Gasteiger partial charge on any atom is 0.0949 e. The molecule has 1 N–H and O–H groups in total. The highest BCUT2D eigenvalue weighted by Gasteiger charge is 2.25. The van der Waals surface area contributed by atoms with E-state index >= 15 is 0 Å². The van der Waals surface area contributed by atoms with Gasteiger partial charge in [-0.25, -0.2) is 0 Å². The summed E-state index contributed by atoms with van der Waals surface area (Å²) < 4.78 is 6.15. The van der Waals surface area contributed by atoms with Gasteiger partial charge in [0.25, 0.3) is 0 Å². The number of nitrogens with one attached hydrogen (secondary N) is 1. The largest absolute Gasteiger partial charge is 0.371 e. The Balaban J connectivity index is 1.79. The Morgan fingerprint density at radius 2 is 1.90 bits per heavy atom. The average Bonchev–Trinajstić information content (AvgIpc) is 3.31. The van der Waals surface area contributed by atoms with Crippen molar-refractivity contribution in [3.8, 4) is 0 Å². The van der Waals surface area contributed by atoms with Gasteiger partial charge in [-0.15, -0.1) is 0 Å². The third-order valence-electron chi connectivity index (χ3n) is 3.99. The van der Waals surface area contributed by atoms with Crippen LogP contribution in [0.4, 0.5) is 0 Å². The molecule has 2 rings (SSSR count). The van der Waals surface area contributed by atoms with Gasteiger partial charge >= 0.3 is 0 Å². The highest BCUT2D eigenvalue weighted by molar-refractivity contribution is 5.17. The Bertz CT molecular complexity index is 389. The van der Waals surface area contributed by atoms with Gasteiger partial charge in [0.2, 0.25) is 0 Å². The van der Waals surface area contributed by atoms with Gasteiger partial charge in [0, 0.05) is 19.1 Å². The van der Waals surface area contributed by atoms with Crippen molar-refractivity contribution in [3.05, 3.63) is 35.9 Å². The average molecular weight is 290 g/mol. The third kappa shape index (κ3) is 6.16. The van der Waals surface area contributed by atoms with E-state index in [9.17, 15) is 0 Å². The van der Waals surface area contributed by atoms with Gasteiger partial charge in [-0.1, -0.05) is 44.2 Å². The van der Waals surface area contributed by atoms with Crippen LogP contribution in [0.1, 0.15) is 38.4 Å². The van der Waals surface area contributed by atoms with Crippen LogP contribution in [0.3, 0.4) is 0 Å². The van der Waals surface area contributed by atoms with Crippen LogP contribution >= 0.6 is 0 Å². The fraction of sp³-hybridized carbons (Fsp3) is 0.667. The Morgan fingerprint density at radius 1 is 1.19 bits per heavy atom. The Hall–Kier alpha value is -0.900. The van der Waals surface area contributed by atoms with Crippen molar-refractivity contribution in [2.24, 2.45) is 5.92 Å². The van der Waals surface area contributed by atoms with Crippen LogP contribution < -0.4 is 5.32 Å². The van der Waals surface area contributed by atoms with E-state index in [0.717, 1.165) is 32.3 Å². The summed E-state index contributed by atoms with van der Waals surface area (Å²) in [5.41, 5.74) is 1.27. The van der Waals surface area contributed by atoms with Crippen LogP contribution in [-0.4, -0.2) is 44.2 Å². The molecule has 0 aliphatic heterocycles. The molecule has 1 atom stereocenters. The van der Waals surface area contributed by atoms with Crippen molar-refractivity contribution in [1.29, 1.82) is 0 Å². The third-order valence-corrected chi connectivity index (χ3v) is 3.99. The minimum atomic E-state index is 0.151. The molecule has 1 aliphatic rings. The van der Waals surface area contributed by atoms with E-state index < -0.39 is 0 Å². The smallest absolute Gasteiger partial charge is 0.0949 e. The highest BCUT2D eigenvalue weighted by Crippen LogP contribution is 2.25. The zero-order chi connectivity index (χ0) is 15.1. The van der Waals surface area contributed by atoms with Crippen LogP contribution in [0.2, 0.25) is 0 Å². The van der Waals surface area contributed by atoms with E-state index in [1.54, 1.807) is 0 Å². The molecule has 1 aliphatic carbocycles. The Kier molecular flexibility index (Phi) is 6.68. The summed E-state index contributed by atoms with van der Waals surface area (Å²) in [7, 11) is 2.20. The highest BCUT2D eigenvalue weighted by atomic mass is 16.5. The van der Waals surface area contributed by atoms with Crippen molar-refractivity contribution in [2.75, 3.05) is 33.3 Å². The normalized spacial score (nSPS) is 16.6. The first-order chi connectivity index (χ1) is 10.2. The summed E-state index contributed by atoms with van der Waals surface area (Å²) >= 11 is 0. The van der Waals surface area contributed by atoms with Crippen LogP contribution in [-0.2, 0) is 4.74 Å². The predicted molar refractivity (Wildman–Crippen MR) is 88.5 cm³/mol. The second kappa shape index (κ2) is 8.52. The Labute approximate surface area is 129 Å². The first-order valence-electron chi connectivity index (χ1n) is 8.24. The van der Waals surface area contributed by atoms with Gasteiger partial charge in [0.05, 0.1) is 12.7 Å². The molecule has 0 heterocycles. The van der Waals surface area contributed by atoms with Crippen LogP contribution in [0, 0.1) is 5.92 Å². The van der Waals surface area contributed by atoms with Crippen LogP contribution in [0.5, 0.6) is 0 Å². The van der Waals surface area contributed by atoms with Gasteiger partial charge in [-0.2, -0.15) is 0 Å². The molecule has 1 unspecified atom stereocenters. The molecule has 1 aromatic carbocycles. The molecule has 0 aromatic heterocycles. The second-order valence-electron chi connectivity index (χ2n) is 6.53. The Morgan fingerprint density at radius 3 is 2.52 bits per heavy atom. The molecule has 1 aromatic rings. The van der Waals surface area contributed by atoms with E-state index in [2.05, 4.69) is 61.4 Å². The summed E-state index contributed by atoms with van der Waals surface area (Å²) in [6.07, 6.45) is 2.86. The monoisotopic (exact) mass is 290 g/mol. The van der Waals surface area contributed by atoms with E-state index in [-0.39, 0.29) is 6.10 Å². The molecular weight excluding hydrogens is 260 g/mol. The fourth-order valence-corrected chi connectivity index (χ4v) is 2.48. The predicted octanol–water partition coefficient (Wildman–Crippen LogP) is 3.08. The molecule has 0 radical (unpaired) electrons. The number of likely N-dealkylation sites (N-methyl/N-ethyl adjacent to an activating group) is 1. The molecule has 0 bridgehead atoms. The van der Waals surface area contributed by atoms with E-state index in [0.29, 0.717) is 5.92 Å². The summed E-state index contributed by atoms with van der Waals surface area (Å²) in [5.74, 6) is 0.669. The molecule has 1 saturated carbocycles. The molecule has 0 amide bonds. The molecule has 0 spiro atoms. The molecule has 118 valence electrons. The standard InChI is InChI=1S/C18H30N2O/c1-15(2)13-19-14-18(16-7-5-4-6-8-16)21-12-11-20(3)17-9-10-17/h4-8,15,17-19H,9-14H2,1-3H3. The van der Waals surface area contributed by atoms with Crippen molar-refractivity contribution in [3.63, 3.8) is 0 Å². The minimum Gasteiger partial charge on any atom is -0.371 e. The van der Waals surface area contributed by atoms with Gasteiger partial charge in [-0.3, -0.25) is 0 Å². The second-order valence-corrected chi connectivity index (χ2v) is 6.53. The molecule has 0 saturated heterocycles. The lowest BCUT2D eigenvalue weighted by Gasteiger charge is -2.22. The molecule has 3 nitrogen and oxygen atoms in total. The number of benzene rings is 1. The van der Waals surface area contributed by atoms with Gasteiger partial charge in [0.15, 0.2) is 0 Å². The zero-order valence-corrected chi connectivity index (χ0v) is 13.7. The number of hydrogen-bond donors (Lipinski definition) is 1. The summed E-state index contributed by atoms with van der Waals surface area (Å²) in [4.78, 5) is 2.42. The molecule has 1 fully saturated rings. The number of ether oxygens (including phenoxy) is 1. The van der Waals surface area contributed by atoms with Crippen LogP contribution in [0.25, 0.3) is 0 Å². The SMILES string of the molecule is CC(C)CNCC(OCCN(C)C1CC1)c1ccccc1. The first kappa shape index (κ1) is 16.5. The zero-order valence-electron chi connectivity index (χ0n) is 13.7. The molecule has 3 heteroatoms. The molecular formula is C18H30N2O. The van der Waals surface area contributed by atoms with Crippen molar-refractivity contribution >= 4 is 0 Å². The lowest BCUT2D eigenvalue weighted by Crippen LogP contribution is -2.30. The number of rotatable bonds is 10. The molecule has 21 heavy (non-hydrogen) atoms. The fourth-order valence-electron chi connectivity index (χ4n) is 2.48. The number of hydrogen-bond acceptors (Lipinski definition) is 3. The van der Waals surface area contributed by atoms with Crippen molar-refractivity contribution in [1.82, 2.24) is 10.2 Å². The maximum absolute atomic E-state index is 6.15. The number of nitrogens with zero attached hydrogens (tertiary/aromatic N) is 1. The van der Waals surface area contributed by atoms with E-state index in [1.807, 2.05) is 0 Å². The van der Waals surface area contributed by atoms with Crippen molar-refractivity contribution < 1.29 is 4.74 Å². The van der Waals surface area contributed by atoms with Gasteiger partial charge in [0.1, 0.15) is 0 Å². The summed E-state index contributed by atoms with van der Waals surface area (Å²) in [5, 5.41) is 3.52. The maximum atomic E-state index is 6.15. The lowest BCUT2D eigenvalue weighted by atomic mass is 10.1. The van der Waals surface area contributed by atoms with Gasteiger partial charge in [-0.05, 0) is 37.9 Å². The summed E-state index contributed by atoms with van der Waals surface area (Å²) in [6, 6.07) is 11.4. The van der Waals surface area contributed by atoms with E-state index in [1.165, 1.54) is 18.4 Å². The van der Waals surface area contributed by atoms with Crippen LogP contribution in [0.15, 0.2) is 30.3 Å². The first-order valence-corrected chi connectivity index (χ1v) is 8.24.